The van der Waals surface area contributed by atoms with Gasteiger partial charge in [0.05, 0.1) is 12.5 Å². The second-order valence-electron chi connectivity index (χ2n) is 5.26. The molecule has 0 bridgehead atoms. The Hall–Kier alpha value is -1.68. The fraction of sp³-hybridized carbons (Fsp3) is 0.500. The number of ether oxygens (including phenoxy) is 1. The lowest BCUT2D eigenvalue weighted by Gasteiger charge is -2.15. The van der Waals surface area contributed by atoms with E-state index in [0.29, 0.717) is 19.7 Å². The van der Waals surface area contributed by atoms with Crippen LogP contribution in [0.15, 0.2) is 30.3 Å². The lowest BCUT2D eigenvalue weighted by Crippen LogP contribution is -2.28. The Kier molecular flexibility index (Phi) is 4.90. The van der Waals surface area contributed by atoms with Gasteiger partial charge >= 0.3 is 5.97 Å². The van der Waals surface area contributed by atoms with Crippen LogP contribution in [0.1, 0.15) is 19.4 Å². The van der Waals surface area contributed by atoms with Crippen LogP contribution < -0.4 is 0 Å². The molecular formula is C16H21NO3. The van der Waals surface area contributed by atoms with Crippen LogP contribution in [0.5, 0.6) is 0 Å². The largest absolute Gasteiger partial charge is 0.466 e. The quantitative estimate of drug-likeness (QED) is 0.770. The highest BCUT2D eigenvalue weighted by Crippen LogP contribution is 2.26. The smallest absolute Gasteiger partial charge is 0.311 e. The van der Waals surface area contributed by atoms with E-state index in [-0.39, 0.29) is 23.6 Å². The zero-order valence-corrected chi connectivity index (χ0v) is 12.0. The number of esters is 1. The van der Waals surface area contributed by atoms with Crippen LogP contribution in [0.4, 0.5) is 0 Å². The molecule has 1 heterocycles. The highest BCUT2D eigenvalue weighted by Gasteiger charge is 2.40. The summed E-state index contributed by atoms with van der Waals surface area (Å²) in [6.07, 6.45) is 0. The van der Waals surface area contributed by atoms with Gasteiger partial charge in [0.15, 0.2) is 0 Å². The van der Waals surface area contributed by atoms with Gasteiger partial charge in [-0.1, -0.05) is 30.3 Å². The molecule has 1 aliphatic heterocycles. The van der Waals surface area contributed by atoms with Gasteiger partial charge in [0.1, 0.15) is 5.78 Å². The van der Waals surface area contributed by atoms with Crippen molar-refractivity contribution >= 4 is 11.8 Å². The Labute approximate surface area is 119 Å². The maximum absolute atomic E-state index is 12.0. The van der Waals surface area contributed by atoms with Crippen molar-refractivity contribution in [1.82, 2.24) is 4.90 Å². The van der Waals surface area contributed by atoms with Gasteiger partial charge in [-0.2, -0.15) is 0 Å². The maximum atomic E-state index is 12.0. The second kappa shape index (κ2) is 6.66. The monoisotopic (exact) mass is 275 g/mol. The Balaban J connectivity index is 2.04. The summed E-state index contributed by atoms with van der Waals surface area (Å²) >= 11 is 0. The SMILES string of the molecule is CCOC(=O)[C@H]1CN(Cc2ccccc2)C[C@H]1C(C)=O. The van der Waals surface area contributed by atoms with Crippen LogP contribution >= 0.6 is 0 Å². The summed E-state index contributed by atoms with van der Waals surface area (Å²) in [6.45, 7) is 5.70. The number of hydrogen-bond acceptors (Lipinski definition) is 4. The first-order chi connectivity index (χ1) is 9.61. The minimum absolute atomic E-state index is 0.0682. The van der Waals surface area contributed by atoms with Gasteiger partial charge in [0.25, 0.3) is 0 Å². The lowest BCUT2D eigenvalue weighted by atomic mass is 9.93. The van der Waals surface area contributed by atoms with E-state index in [4.69, 9.17) is 4.74 Å². The number of ketones is 1. The third-order valence-corrected chi connectivity index (χ3v) is 3.76. The number of rotatable bonds is 5. The van der Waals surface area contributed by atoms with Crippen LogP contribution in [0.2, 0.25) is 0 Å². The Morgan fingerprint density at radius 1 is 1.20 bits per heavy atom. The molecule has 2 rings (SSSR count). The fourth-order valence-electron chi connectivity index (χ4n) is 2.76. The molecule has 1 aromatic rings. The number of nitrogens with zero attached hydrogens (tertiary/aromatic N) is 1. The zero-order chi connectivity index (χ0) is 14.5. The summed E-state index contributed by atoms with van der Waals surface area (Å²) < 4.78 is 5.09. The molecule has 0 unspecified atom stereocenters. The van der Waals surface area contributed by atoms with Crippen LogP contribution in [0.3, 0.4) is 0 Å². The molecule has 0 N–H and O–H groups in total. The van der Waals surface area contributed by atoms with Gasteiger partial charge in [0, 0.05) is 25.6 Å². The standard InChI is InChI=1S/C16H21NO3/c1-3-20-16(19)15-11-17(10-14(15)12(2)18)9-13-7-5-4-6-8-13/h4-8,14-15H,3,9-11H2,1-2H3/t14-,15-/m0/s1. The molecular weight excluding hydrogens is 254 g/mol. The number of likely N-dealkylation sites (tertiary alicyclic amines) is 1. The van der Waals surface area contributed by atoms with Crippen LogP contribution in [0, 0.1) is 11.8 Å². The molecule has 20 heavy (non-hydrogen) atoms. The molecule has 4 heteroatoms. The highest BCUT2D eigenvalue weighted by atomic mass is 16.5. The number of Topliss-reactive ketones (excluding diaryl/α,β-unsaturated/α-hetero) is 1. The molecule has 1 aromatic carbocycles. The van der Waals surface area contributed by atoms with Crippen LogP contribution in [-0.4, -0.2) is 36.3 Å². The van der Waals surface area contributed by atoms with Gasteiger partial charge in [-0.05, 0) is 19.4 Å². The van der Waals surface area contributed by atoms with E-state index in [9.17, 15) is 9.59 Å². The lowest BCUT2D eigenvalue weighted by molar-refractivity contribution is -0.150. The van der Waals surface area contributed by atoms with Crippen molar-refractivity contribution in [2.45, 2.75) is 20.4 Å². The van der Waals surface area contributed by atoms with E-state index in [0.717, 1.165) is 6.54 Å². The van der Waals surface area contributed by atoms with Gasteiger partial charge in [-0.25, -0.2) is 0 Å². The molecule has 2 atom stereocenters. The van der Waals surface area contributed by atoms with E-state index in [1.54, 1.807) is 13.8 Å². The van der Waals surface area contributed by atoms with E-state index >= 15 is 0 Å². The van der Waals surface area contributed by atoms with Crippen molar-refractivity contribution in [3.8, 4) is 0 Å². The van der Waals surface area contributed by atoms with Crippen molar-refractivity contribution < 1.29 is 14.3 Å². The third-order valence-electron chi connectivity index (χ3n) is 3.76. The average molecular weight is 275 g/mol. The predicted molar refractivity (Wildman–Crippen MR) is 76.0 cm³/mol. The summed E-state index contributed by atoms with van der Waals surface area (Å²) in [5.41, 5.74) is 1.19. The van der Waals surface area contributed by atoms with E-state index in [1.165, 1.54) is 5.56 Å². The molecule has 1 saturated heterocycles. The van der Waals surface area contributed by atoms with E-state index in [2.05, 4.69) is 17.0 Å². The fourth-order valence-corrected chi connectivity index (χ4v) is 2.76. The molecule has 108 valence electrons. The Bertz CT molecular complexity index is 472. The first-order valence-electron chi connectivity index (χ1n) is 7.05. The number of carbonyl (C=O) groups is 2. The topological polar surface area (TPSA) is 46.6 Å². The first-order valence-corrected chi connectivity index (χ1v) is 7.05. The predicted octanol–water partition coefficient (Wildman–Crippen LogP) is 1.89. The molecule has 0 aromatic heterocycles. The van der Waals surface area contributed by atoms with Crippen molar-refractivity contribution in [3.05, 3.63) is 35.9 Å². The summed E-state index contributed by atoms with van der Waals surface area (Å²) in [5.74, 6) is -0.740. The Morgan fingerprint density at radius 3 is 2.45 bits per heavy atom. The maximum Gasteiger partial charge on any atom is 0.311 e. The number of carbonyl (C=O) groups excluding carboxylic acids is 2. The number of hydrogen-bond donors (Lipinski definition) is 0. The molecule has 0 aliphatic carbocycles. The molecule has 4 nitrogen and oxygen atoms in total. The molecule has 0 saturated carbocycles. The Morgan fingerprint density at radius 2 is 1.85 bits per heavy atom. The average Bonchev–Trinajstić information content (AvgIpc) is 2.84. The molecule has 0 amide bonds. The summed E-state index contributed by atoms with van der Waals surface area (Å²) in [6, 6.07) is 10.1. The summed E-state index contributed by atoms with van der Waals surface area (Å²) in [5, 5.41) is 0. The molecule has 0 spiro atoms. The van der Waals surface area contributed by atoms with Crippen molar-refractivity contribution in [3.63, 3.8) is 0 Å². The first kappa shape index (κ1) is 14.7. The minimum atomic E-state index is -0.323. The minimum Gasteiger partial charge on any atom is -0.466 e. The van der Waals surface area contributed by atoms with Crippen molar-refractivity contribution in [2.75, 3.05) is 19.7 Å². The highest BCUT2D eigenvalue weighted by molar-refractivity contribution is 5.86. The van der Waals surface area contributed by atoms with E-state index < -0.39 is 0 Å². The van der Waals surface area contributed by atoms with Crippen LogP contribution in [-0.2, 0) is 20.9 Å². The van der Waals surface area contributed by atoms with Crippen LogP contribution in [0.25, 0.3) is 0 Å². The summed E-state index contributed by atoms with van der Waals surface area (Å²) in [4.78, 5) is 25.8. The zero-order valence-electron chi connectivity index (χ0n) is 12.0. The van der Waals surface area contributed by atoms with Crippen molar-refractivity contribution in [2.24, 2.45) is 11.8 Å². The third kappa shape index (κ3) is 3.45. The molecule has 1 aliphatic rings. The second-order valence-corrected chi connectivity index (χ2v) is 5.26. The van der Waals surface area contributed by atoms with Gasteiger partial charge in [-0.3, -0.25) is 14.5 Å². The van der Waals surface area contributed by atoms with Gasteiger partial charge in [0.2, 0.25) is 0 Å². The summed E-state index contributed by atoms with van der Waals surface area (Å²) in [7, 11) is 0. The normalized spacial score (nSPS) is 22.7. The number of benzene rings is 1. The molecule has 0 radical (unpaired) electrons. The van der Waals surface area contributed by atoms with Gasteiger partial charge in [-0.15, -0.1) is 0 Å². The molecule has 1 fully saturated rings. The van der Waals surface area contributed by atoms with Gasteiger partial charge < -0.3 is 4.74 Å². The van der Waals surface area contributed by atoms with E-state index in [1.807, 2.05) is 18.2 Å². The van der Waals surface area contributed by atoms with Crippen molar-refractivity contribution in [1.29, 1.82) is 0 Å².